The summed E-state index contributed by atoms with van der Waals surface area (Å²) < 4.78 is 10.3. The van der Waals surface area contributed by atoms with Crippen molar-refractivity contribution in [3.8, 4) is 0 Å². The van der Waals surface area contributed by atoms with Crippen LogP contribution in [0.15, 0.2) is 53.2 Å². The number of carbonyl (C=O) groups excluding carboxylic acids is 1. The zero-order valence-electron chi connectivity index (χ0n) is 12.3. The lowest BCUT2D eigenvalue weighted by Gasteiger charge is -2.20. The molecule has 1 aliphatic rings. The van der Waals surface area contributed by atoms with Gasteiger partial charge in [0.1, 0.15) is 12.4 Å². The molecule has 2 atom stereocenters. The van der Waals surface area contributed by atoms with E-state index in [0.717, 1.165) is 5.56 Å². The number of ether oxygens (including phenoxy) is 2. The fourth-order valence-corrected chi connectivity index (χ4v) is 1.99. The molecule has 22 heavy (non-hydrogen) atoms. The summed E-state index contributed by atoms with van der Waals surface area (Å²) in [4.78, 5) is 11.5. The van der Waals surface area contributed by atoms with Gasteiger partial charge >= 0.3 is 5.97 Å². The quantitative estimate of drug-likeness (QED) is 0.569. The van der Waals surface area contributed by atoms with E-state index in [4.69, 9.17) is 9.47 Å². The molecule has 0 radical (unpaired) electrons. The van der Waals surface area contributed by atoms with E-state index in [1.807, 2.05) is 30.3 Å². The highest BCUT2D eigenvalue weighted by atomic mass is 16.6. The van der Waals surface area contributed by atoms with Gasteiger partial charge in [0, 0.05) is 0 Å². The number of carbonyl (C=O) groups is 1. The minimum absolute atomic E-state index is 0.0929. The number of allylic oxidation sites excluding steroid dienone is 1. The van der Waals surface area contributed by atoms with E-state index >= 15 is 0 Å². The smallest absolute Gasteiger partial charge is 0.378 e. The van der Waals surface area contributed by atoms with Crippen LogP contribution in [0.1, 0.15) is 19.4 Å². The molecule has 1 heterocycles. The van der Waals surface area contributed by atoms with E-state index in [-0.39, 0.29) is 18.1 Å². The van der Waals surface area contributed by atoms with Gasteiger partial charge in [-0.1, -0.05) is 30.3 Å². The summed E-state index contributed by atoms with van der Waals surface area (Å²) in [6, 6.07) is 9.12. The average Bonchev–Trinajstić information content (AvgIpc) is 2.80. The first-order valence-electron chi connectivity index (χ1n) is 6.77. The van der Waals surface area contributed by atoms with Gasteiger partial charge in [0.2, 0.25) is 5.76 Å². The number of aliphatic hydroxyl groups is 3. The number of esters is 1. The first kappa shape index (κ1) is 15.9. The Bertz CT molecular complexity index is 613. The van der Waals surface area contributed by atoms with Crippen LogP contribution in [0.3, 0.4) is 0 Å². The predicted octanol–water partition coefficient (Wildman–Crippen LogP) is 2.11. The lowest BCUT2D eigenvalue weighted by atomic mass is 10.1. The maximum atomic E-state index is 11.5. The topological polar surface area (TPSA) is 96.2 Å². The van der Waals surface area contributed by atoms with E-state index in [1.165, 1.54) is 0 Å². The molecule has 0 saturated carbocycles. The highest BCUT2D eigenvalue weighted by molar-refractivity contribution is 5.89. The van der Waals surface area contributed by atoms with Crippen molar-refractivity contribution in [3.05, 3.63) is 58.7 Å². The highest BCUT2D eigenvalue weighted by Crippen LogP contribution is 2.28. The third-order valence-electron chi connectivity index (χ3n) is 3.24. The Balaban J connectivity index is 2.18. The lowest BCUT2D eigenvalue weighted by molar-refractivity contribution is -0.146. The van der Waals surface area contributed by atoms with Crippen molar-refractivity contribution in [3.63, 3.8) is 0 Å². The number of benzene rings is 1. The summed E-state index contributed by atoms with van der Waals surface area (Å²) >= 11 is 0. The summed E-state index contributed by atoms with van der Waals surface area (Å²) in [5.74, 6) is -2.20. The summed E-state index contributed by atoms with van der Waals surface area (Å²) in [7, 11) is 0. The van der Waals surface area contributed by atoms with Gasteiger partial charge in [-0.3, -0.25) is 0 Å². The molecule has 6 heteroatoms. The third kappa shape index (κ3) is 3.23. The molecule has 0 aliphatic carbocycles. The van der Waals surface area contributed by atoms with E-state index < -0.39 is 23.9 Å². The second-order valence-electron chi connectivity index (χ2n) is 5.14. The van der Waals surface area contributed by atoms with Crippen LogP contribution in [0, 0.1) is 0 Å². The molecule has 1 aromatic rings. The first-order chi connectivity index (χ1) is 10.4. The van der Waals surface area contributed by atoms with Crippen LogP contribution in [-0.4, -0.2) is 33.5 Å². The van der Waals surface area contributed by atoms with Crippen molar-refractivity contribution in [2.24, 2.45) is 0 Å². The zero-order valence-corrected chi connectivity index (χ0v) is 12.3. The summed E-state index contributed by atoms with van der Waals surface area (Å²) in [6.45, 7) is 3.29. The van der Waals surface area contributed by atoms with Gasteiger partial charge in [-0.05, 0) is 25.0 Å². The molecule has 0 unspecified atom stereocenters. The van der Waals surface area contributed by atoms with E-state index in [9.17, 15) is 20.1 Å². The normalized spacial score (nSPS) is 18.9. The summed E-state index contributed by atoms with van der Waals surface area (Å²) in [5.41, 5.74) is 1.29. The third-order valence-corrected chi connectivity index (χ3v) is 3.24. The second kappa shape index (κ2) is 6.53. The van der Waals surface area contributed by atoms with Crippen LogP contribution >= 0.6 is 0 Å². The van der Waals surface area contributed by atoms with Crippen molar-refractivity contribution < 1.29 is 29.6 Å². The maximum absolute atomic E-state index is 11.5. The van der Waals surface area contributed by atoms with Crippen LogP contribution in [0.2, 0.25) is 0 Å². The Morgan fingerprint density at radius 2 is 1.95 bits per heavy atom. The Hall–Kier alpha value is -2.47. The zero-order chi connectivity index (χ0) is 16.3. The van der Waals surface area contributed by atoms with Crippen molar-refractivity contribution in [1.29, 1.82) is 0 Å². The number of aliphatic hydroxyl groups excluding tert-OH is 3. The molecule has 1 aromatic carbocycles. The van der Waals surface area contributed by atoms with Crippen LogP contribution in [0.4, 0.5) is 0 Å². The number of hydrogen-bond acceptors (Lipinski definition) is 6. The molecular weight excluding hydrogens is 288 g/mol. The molecule has 0 aromatic heterocycles. The molecule has 3 N–H and O–H groups in total. The summed E-state index contributed by atoms with van der Waals surface area (Å²) in [6.07, 6.45) is -2.77. The van der Waals surface area contributed by atoms with Crippen molar-refractivity contribution >= 4 is 5.97 Å². The van der Waals surface area contributed by atoms with Gasteiger partial charge in [0.05, 0.1) is 0 Å². The molecule has 0 fully saturated rings. The fraction of sp³-hybridized carbons (Fsp3) is 0.312. The molecule has 1 aliphatic heterocycles. The Labute approximate surface area is 127 Å². The first-order valence-corrected chi connectivity index (χ1v) is 6.77. The molecule has 2 rings (SSSR count). The summed E-state index contributed by atoms with van der Waals surface area (Å²) in [5, 5.41) is 29.6. The average molecular weight is 306 g/mol. The molecule has 0 saturated heterocycles. The van der Waals surface area contributed by atoms with Crippen molar-refractivity contribution in [2.45, 2.75) is 32.7 Å². The minimum atomic E-state index is -1.50. The van der Waals surface area contributed by atoms with Gasteiger partial charge in [-0.25, -0.2) is 4.79 Å². The highest BCUT2D eigenvalue weighted by Gasteiger charge is 2.42. The number of rotatable bonds is 5. The number of hydrogen-bond donors (Lipinski definition) is 3. The van der Waals surface area contributed by atoms with E-state index in [0.29, 0.717) is 5.57 Å². The SMILES string of the molecule is CC(C)=C(O)[C@H](O)[C@H]1OC(=O)C(O)=C1OCc1ccccc1. The Morgan fingerprint density at radius 1 is 1.32 bits per heavy atom. The second-order valence-corrected chi connectivity index (χ2v) is 5.14. The van der Waals surface area contributed by atoms with E-state index in [2.05, 4.69) is 0 Å². The van der Waals surface area contributed by atoms with Crippen molar-refractivity contribution in [1.82, 2.24) is 0 Å². The van der Waals surface area contributed by atoms with Gasteiger partial charge in [-0.15, -0.1) is 0 Å². The van der Waals surface area contributed by atoms with Gasteiger partial charge in [0.25, 0.3) is 0 Å². The van der Waals surface area contributed by atoms with Crippen LogP contribution in [0.5, 0.6) is 0 Å². The number of cyclic esters (lactones) is 1. The Kier molecular flexibility index (Phi) is 4.72. The standard InChI is InChI=1S/C16H18O6/c1-9(2)11(17)12(18)15-14(13(19)16(20)22-15)21-8-10-6-4-3-5-7-10/h3-7,12,15,17-19H,8H2,1-2H3/t12-,15+/m0/s1. The molecule has 0 amide bonds. The lowest BCUT2D eigenvalue weighted by Crippen LogP contribution is -2.31. The van der Waals surface area contributed by atoms with Crippen LogP contribution in [0.25, 0.3) is 0 Å². The monoisotopic (exact) mass is 306 g/mol. The Morgan fingerprint density at radius 3 is 2.55 bits per heavy atom. The maximum Gasteiger partial charge on any atom is 0.378 e. The molecule has 0 spiro atoms. The van der Waals surface area contributed by atoms with E-state index in [1.54, 1.807) is 13.8 Å². The molecule has 0 bridgehead atoms. The minimum Gasteiger partial charge on any atom is -0.509 e. The van der Waals surface area contributed by atoms with Crippen molar-refractivity contribution in [2.75, 3.05) is 0 Å². The molecular formula is C16H18O6. The van der Waals surface area contributed by atoms with Gasteiger partial charge < -0.3 is 24.8 Å². The van der Waals surface area contributed by atoms with Gasteiger partial charge in [0.15, 0.2) is 18.0 Å². The van der Waals surface area contributed by atoms with Crippen LogP contribution in [-0.2, 0) is 20.9 Å². The van der Waals surface area contributed by atoms with Crippen LogP contribution < -0.4 is 0 Å². The molecule has 6 nitrogen and oxygen atoms in total. The largest absolute Gasteiger partial charge is 0.509 e. The predicted molar refractivity (Wildman–Crippen MR) is 77.8 cm³/mol. The molecule has 118 valence electrons. The fourth-order valence-electron chi connectivity index (χ4n) is 1.99. The van der Waals surface area contributed by atoms with Gasteiger partial charge in [-0.2, -0.15) is 0 Å².